The van der Waals surface area contributed by atoms with E-state index in [1.807, 2.05) is 6.07 Å². The Morgan fingerprint density at radius 1 is 1.26 bits per heavy atom. The van der Waals surface area contributed by atoms with Gasteiger partial charge in [0.1, 0.15) is 10.7 Å². The number of rotatable bonds is 6. The number of fused-ring (bicyclic) bond motifs is 4. The summed E-state index contributed by atoms with van der Waals surface area (Å²) < 4.78 is 0. The SMILES string of the molecule is Cc1[nH]c2ccc(CNC(=O)CSCc3nc4sc5c(c4c(=O)[nH]3)CCC5)cc2c1C. The lowest BCUT2D eigenvalue weighted by Gasteiger charge is -2.06. The summed E-state index contributed by atoms with van der Waals surface area (Å²) in [6, 6.07) is 6.22. The van der Waals surface area contributed by atoms with Gasteiger partial charge in [-0.1, -0.05) is 6.07 Å². The van der Waals surface area contributed by atoms with Crippen LogP contribution in [0.1, 0.15) is 39.5 Å². The third-order valence-corrected chi connectivity index (χ3v) is 8.09. The van der Waals surface area contributed by atoms with E-state index < -0.39 is 0 Å². The van der Waals surface area contributed by atoms with Crippen LogP contribution in [0.4, 0.5) is 0 Å². The van der Waals surface area contributed by atoms with Crippen molar-refractivity contribution in [2.75, 3.05) is 5.75 Å². The Balaban J connectivity index is 1.17. The number of aromatic amines is 2. The molecule has 0 saturated carbocycles. The van der Waals surface area contributed by atoms with Crippen molar-refractivity contribution in [3.05, 3.63) is 61.6 Å². The van der Waals surface area contributed by atoms with E-state index in [4.69, 9.17) is 0 Å². The second-order valence-corrected chi connectivity index (χ2v) is 10.1. The molecule has 1 aliphatic carbocycles. The minimum Gasteiger partial charge on any atom is -0.358 e. The highest BCUT2D eigenvalue weighted by molar-refractivity contribution is 7.99. The zero-order valence-corrected chi connectivity index (χ0v) is 19.2. The molecule has 0 atom stereocenters. The van der Waals surface area contributed by atoms with Crippen LogP contribution in [0, 0.1) is 13.8 Å². The summed E-state index contributed by atoms with van der Waals surface area (Å²) in [7, 11) is 0. The third kappa shape index (κ3) is 3.90. The van der Waals surface area contributed by atoms with E-state index in [2.05, 4.69) is 46.2 Å². The number of carbonyl (C=O) groups is 1. The van der Waals surface area contributed by atoms with Gasteiger partial charge < -0.3 is 15.3 Å². The van der Waals surface area contributed by atoms with E-state index in [-0.39, 0.29) is 11.5 Å². The number of thiophene rings is 1. The molecule has 4 aromatic rings. The van der Waals surface area contributed by atoms with Crippen LogP contribution >= 0.6 is 23.1 Å². The van der Waals surface area contributed by atoms with Gasteiger partial charge in [0, 0.05) is 28.0 Å². The maximum atomic E-state index is 12.5. The van der Waals surface area contributed by atoms with Gasteiger partial charge in [-0.25, -0.2) is 4.98 Å². The molecular weight excluding hydrogens is 428 g/mol. The number of hydrogen-bond acceptors (Lipinski definition) is 5. The predicted octanol–water partition coefficient (Wildman–Crippen LogP) is 4.12. The number of nitrogens with zero attached hydrogens (tertiary/aromatic N) is 1. The van der Waals surface area contributed by atoms with Gasteiger partial charge in [0.05, 0.1) is 16.9 Å². The van der Waals surface area contributed by atoms with Gasteiger partial charge in [-0.15, -0.1) is 23.1 Å². The molecule has 1 amide bonds. The van der Waals surface area contributed by atoms with Crippen LogP contribution in [0.25, 0.3) is 21.1 Å². The fourth-order valence-corrected chi connectivity index (χ4v) is 6.23. The lowest BCUT2D eigenvalue weighted by atomic mass is 10.1. The summed E-state index contributed by atoms with van der Waals surface area (Å²) in [5.74, 6) is 1.45. The van der Waals surface area contributed by atoms with Crippen LogP contribution in [0.15, 0.2) is 23.0 Å². The Bertz CT molecular complexity index is 1370. The van der Waals surface area contributed by atoms with Gasteiger partial charge in [0.15, 0.2) is 0 Å². The first-order valence-electron chi connectivity index (χ1n) is 10.5. The number of nitrogens with one attached hydrogen (secondary N) is 3. The topological polar surface area (TPSA) is 90.6 Å². The average molecular weight is 453 g/mol. The van der Waals surface area contributed by atoms with Crippen LogP contribution in [0.2, 0.25) is 0 Å². The minimum absolute atomic E-state index is 0.0226. The number of amides is 1. The molecule has 1 aromatic carbocycles. The summed E-state index contributed by atoms with van der Waals surface area (Å²) in [6.45, 7) is 4.67. The molecule has 0 fully saturated rings. The monoisotopic (exact) mass is 452 g/mol. The molecule has 0 radical (unpaired) electrons. The minimum atomic E-state index is -0.0462. The van der Waals surface area contributed by atoms with Gasteiger partial charge >= 0.3 is 0 Å². The molecule has 0 bridgehead atoms. The smallest absolute Gasteiger partial charge is 0.259 e. The Kier molecular flexibility index (Phi) is 5.35. The van der Waals surface area contributed by atoms with E-state index in [0.717, 1.165) is 40.6 Å². The van der Waals surface area contributed by atoms with E-state index in [0.29, 0.717) is 23.9 Å². The van der Waals surface area contributed by atoms with Crippen molar-refractivity contribution in [2.45, 2.75) is 45.4 Å². The predicted molar refractivity (Wildman–Crippen MR) is 128 cm³/mol. The summed E-state index contributed by atoms with van der Waals surface area (Å²) in [5, 5.41) is 4.95. The molecule has 5 rings (SSSR count). The van der Waals surface area contributed by atoms with Crippen molar-refractivity contribution in [3.63, 3.8) is 0 Å². The second kappa shape index (κ2) is 8.16. The van der Waals surface area contributed by atoms with Crippen molar-refractivity contribution < 1.29 is 4.79 Å². The molecule has 3 aromatic heterocycles. The molecule has 0 unspecified atom stereocenters. The van der Waals surface area contributed by atoms with Crippen molar-refractivity contribution in [1.29, 1.82) is 0 Å². The van der Waals surface area contributed by atoms with Crippen molar-refractivity contribution >= 4 is 50.1 Å². The van der Waals surface area contributed by atoms with Gasteiger partial charge in [0.2, 0.25) is 5.91 Å². The van der Waals surface area contributed by atoms with E-state index >= 15 is 0 Å². The quantitative estimate of drug-likeness (QED) is 0.410. The zero-order valence-electron chi connectivity index (χ0n) is 17.6. The highest BCUT2D eigenvalue weighted by Crippen LogP contribution is 2.34. The molecule has 0 spiro atoms. The summed E-state index contributed by atoms with van der Waals surface area (Å²) in [5.41, 5.74) is 5.76. The fourth-order valence-electron chi connectivity index (χ4n) is 4.23. The van der Waals surface area contributed by atoms with Crippen LogP contribution in [-0.4, -0.2) is 26.6 Å². The molecular formula is C23H24N4O2S2. The number of aromatic nitrogens is 3. The van der Waals surface area contributed by atoms with Crippen molar-refractivity contribution in [2.24, 2.45) is 0 Å². The summed E-state index contributed by atoms with van der Waals surface area (Å²) in [4.78, 5) is 37.9. The molecule has 3 heterocycles. The van der Waals surface area contributed by atoms with Crippen LogP contribution in [0.5, 0.6) is 0 Å². The van der Waals surface area contributed by atoms with Crippen LogP contribution in [0.3, 0.4) is 0 Å². The maximum Gasteiger partial charge on any atom is 0.259 e. The number of thioether (sulfide) groups is 1. The Morgan fingerprint density at radius 3 is 3.00 bits per heavy atom. The highest BCUT2D eigenvalue weighted by Gasteiger charge is 2.21. The molecule has 1 aliphatic rings. The van der Waals surface area contributed by atoms with Crippen molar-refractivity contribution in [1.82, 2.24) is 20.3 Å². The first kappa shape index (κ1) is 20.3. The van der Waals surface area contributed by atoms with Gasteiger partial charge in [0.25, 0.3) is 5.56 Å². The molecule has 8 heteroatoms. The third-order valence-electron chi connectivity index (χ3n) is 5.96. The van der Waals surface area contributed by atoms with Gasteiger partial charge in [-0.3, -0.25) is 9.59 Å². The first-order valence-corrected chi connectivity index (χ1v) is 12.4. The standard InChI is InChI=1S/C23H24N4O2S2/c1-12-13(2)25-17-7-6-14(8-16(12)17)9-24-20(28)11-30-10-19-26-22(29)21-15-4-3-5-18(15)31-23(21)27-19/h6-8,25H,3-5,9-11H2,1-2H3,(H,24,28)(H,26,27,29). The summed E-state index contributed by atoms with van der Waals surface area (Å²) >= 11 is 3.10. The lowest BCUT2D eigenvalue weighted by molar-refractivity contribution is -0.118. The highest BCUT2D eigenvalue weighted by atomic mass is 32.2. The number of aryl methyl sites for hydroxylation is 4. The Labute approximate surface area is 187 Å². The fraction of sp³-hybridized carbons (Fsp3) is 0.348. The molecule has 0 saturated heterocycles. The molecule has 6 nitrogen and oxygen atoms in total. The molecule has 160 valence electrons. The van der Waals surface area contributed by atoms with Gasteiger partial charge in [-0.05, 0) is 61.9 Å². The average Bonchev–Trinajstić information content (AvgIpc) is 3.40. The van der Waals surface area contributed by atoms with Crippen molar-refractivity contribution in [3.8, 4) is 0 Å². The van der Waals surface area contributed by atoms with E-state index in [1.165, 1.54) is 38.8 Å². The van der Waals surface area contributed by atoms with E-state index in [1.54, 1.807) is 11.3 Å². The first-order chi connectivity index (χ1) is 15.0. The molecule has 3 N–H and O–H groups in total. The largest absolute Gasteiger partial charge is 0.358 e. The van der Waals surface area contributed by atoms with Crippen LogP contribution < -0.4 is 10.9 Å². The number of benzene rings is 1. The molecule has 31 heavy (non-hydrogen) atoms. The second-order valence-electron chi connectivity index (χ2n) is 8.07. The number of hydrogen-bond donors (Lipinski definition) is 3. The number of H-pyrrole nitrogens is 2. The maximum absolute atomic E-state index is 12.5. The lowest BCUT2D eigenvalue weighted by Crippen LogP contribution is -2.24. The van der Waals surface area contributed by atoms with Gasteiger partial charge in [-0.2, -0.15) is 0 Å². The van der Waals surface area contributed by atoms with Crippen LogP contribution in [-0.2, 0) is 29.9 Å². The molecule has 0 aliphatic heterocycles. The zero-order chi connectivity index (χ0) is 21.5. The number of carbonyl (C=O) groups excluding carboxylic acids is 1. The normalized spacial score (nSPS) is 13.2. The summed E-state index contributed by atoms with van der Waals surface area (Å²) in [6.07, 6.45) is 3.16. The Morgan fingerprint density at radius 2 is 2.13 bits per heavy atom. The van der Waals surface area contributed by atoms with E-state index in [9.17, 15) is 9.59 Å². The Hall–Kier alpha value is -2.58.